The van der Waals surface area contributed by atoms with Crippen LogP contribution in [0.3, 0.4) is 0 Å². The van der Waals surface area contributed by atoms with Gasteiger partial charge >= 0.3 is 12.2 Å². The number of nitrogens with zero attached hydrogens (tertiary/aromatic N) is 2. The molecule has 8 heteroatoms. The van der Waals surface area contributed by atoms with Crippen molar-refractivity contribution < 1.29 is 18.0 Å². The van der Waals surface area contributed by atoms with Crippen LogP contribution in [0.4, 0.5) is 23.7 Å². The Bertz CT molecular complexity index is 620. The van der Waals surface area contributed by atoms with Crippen LogP contribution in [-0.4, -0.2) is 59.6 Å². The summed E-state index contributed by atoms with van der Waals surface area (Å²) in [4.78, 5) is 16.7. The quantitative estimate of drug-likeness (QED) is 0.828. The fourth-order valence-electron chi connectivity index (χ4n) is 3.53. The minimum atomic E-state index is -4.41. The highest BCUT2D eigenvalue weighted by Gasteiger charge is 2.31. The second-order valence-electron chi connectivity index (χ2n) is 6.73. The summed E-state index contributed by atoms with van der Waals surface area (Å²) < 4.78 is 38.4. The average Bonchev–Trinajstić information content (AvgIpc) is 2.88. The Morgan fingerprint density at radius 1 is 1.12 bits per heavy atom. The van der Waals surface area contributed by atoms with E-state index in [1.807, 2.05) is 11.8 Å². The van der Waals surface area contributed by atoms with Gasteiger partial charge in [-0.2, -0.15) is 24.9 Å². The van der Waals surface area contributed by atoms with Gasteiger partial charge in [-0.3, -0.25) is 4.90 Å². The summed E-state index contributed by atoms with van der Waals surface area (Å²) >= 11 is 2.00. The van der Waals surface area contributed by atoms with Gasteiger partial charge in [0.15, 0.2) is 0 Å². The number of benzene rings is 1. The first-order chi connectivity index (χ1) is 12.4. The maximum absolute atomic E-state index is 12.8. The molecule has 2 aliphatic heterocycles. The number of halogens is 3. The van der Waals surface area contributed by atoms with Gasteiger partial charge in [-0.1, -0.05) is 6.07 Å². The molecule has 1 aromatic rings. The third-order valence-electron chi connectivity index (χ3n) is 4.97. The molecule has 3 rings (SSSR count). The van der Waals surface area contributed by atoms with Crippen LogP contribution in [0.1, 0.15) is 24.8 Å². The van der Waals surface area contributed by atoms with Crippen molar-refractivity contribution in [3.05, 3.63) is 29.8 Å². The highest BCUT2D eigenvalue weighted by Crippen LogP contribution is 2.30. The van der Waals surface area contributed by atoms with Crippen LogP contribution in [-0.2, 0) is 6.18 Å². The van der Waals surface area contributed by atoms with Gasteiger partial charge < -0.3 is 10.2 Å². The van der Waals surface area contributed by atoms with Crippen LogP contribution in [0.2, 0.25) is 0 Å². The summed E-state index contributed by atoms with van der Waals surface area (Å²) in [6.45, 7) is 3.03. The van der Waals surface area contributed by atoms with Crippen molar-refractivity contribution in [3.63, 3.8) is 0 Å². The number of rotatable bonds is 2. The zero-order valence-corrected chi connectivity index (χ0v) is 15.4. The lowest BCUT2D eigenvalue weighted by molar-refractivity contribution is -0.137. The molecule has 2 aliphatic rings. The van der Waals surface area contributed by atoms with Crippen LogP contribution in [0.25, 0.3) is 0 Å². The van der Waals surface area contributed by atoms with E-state index in [1.165, 1.54) is 36.5 Å². The molecular weight excluding hydrogens is 363 g/mol. The third-order valence-corrected chi connectivity index (χ3v) is 6.01. The average molecular weight is 387 g/mol. The highest BCUT2D eigenvalue weighted by atomic mass is 32.2. The molecule has 0 saturated carbocycles. The van der Waals surface area contributed by atoms with E-state index in [4.69, 9.17) is 0 Å². The number of hydrogen-bond donors (Lipinski definition) is 1. The Morgan fingerprint density at radius 2 is 1.88 bits per heavy atom. The fraction of sp³-hybridized carbons (Fsp3) is 0.611. The van der Waals surface area contributed by atoms with Crippen molar-refractivity contribution in [1.29, 1.82) is 0 Å². The third kappa shape index (κ3) is 5.07. The van der Waals surface area contributed by atoms with Gasteiger partial charge in [-0.05, 0) is 49.0 Å². The molecule has 0 atom stereocenters. The number of thioether (sulfide) groups is 1. The van der Waals surface area contributed by atoms with Crippen molar-refractivity contribution in [2.24, 2.45) is 0 Å². The lowest BCUT2D eigenvalue weighted by Gasteiger charge is -2.33. The number of nitrogens with one attached hydrogen (secondary N) is 1. The highest BCUT2D eigenvalue weighted by molar-refractivity contribution is 7.99. The summed E-state index contributed by atoms with van der Waals surface area (Å²) in [5.41, 5.74) is -0.581. The Labute approximate surface area is 156 Å². The largest absolute Gasteiger partial charge is 0.416 e. The van der Waals surface area contributed by atoms with E-state index in [0.29, 0.717) is 19.1 Å². The van der Waals surface area contributed by atoms with Crippen molar-refractivity contribution >= 4 is 23.5 Å². The molecule has 144 valence electrons. The van der Waals surface area contributed by atoms with Crippen molar-refractivity contribution in [2.75, 3.05) is 43.0 Å². The molecule has 0 radical (unpaired) electrons. The SMILES string of the molecule is O=C(Nc1cccc(C(F)(F)F)c1)N1CCCN(C2CCSCC2)CC1. The summed E-state index contributed by atoms with van der Waals surface area (Å²) in [6.07, 6.45) is -1.13. The minimum Gasteiger partial charge on any atom is -0.323 e. The van der Waals surface area contributed by atoms with Crippen LogP contribution in [0.15, 0.2) is 24.3 Å². The zero-order valence-electron chi connectivity index (χ0n) is 14.6. The molecule has 2 fully saturated rings. The number of anilines is 1. The van der Waals surface area contributed by atoms with E-state index in [1.54, 1.807) is 4.90 Å². The van der Waals surface area contributed by atoms with Crippen molar-refractivity contribution in [3.8, 4) is 0 Å². The first-order valence-corrected chi connectivity index (χ1v) is 10.1. The number of carbonyl (C=O) groups is 1. The van der Waals surface area contributed by atoms with Gasteiger partial charge in [0, 0.05) is 37.9 Å². The zero-order chi connectivity index (χ0) is 18.6. The van der Waals surface area contributed by atoms with E-state index >= 15 is 0 Å². The monoisotopic (exact) mass is 387 g/mol. The lowest BCUT2D eigenvalue weighted by atomic mass is 10.1. The normalized spacial score (nSPS) is 20.7. The number of amides is 2. The smallest absolute Gasteiger partial charge is 0.323 e. The fourth-order valence-corrected chi connectivity index (χ4v) is 4.61. The van der Waals surface area contributed by atoms with Crippen LogP contribution in [0, 0.1) is 0 Å². The maximum Gasteiger partial charge on any atom is 0.416 e. The topological polar surface area (TPSA) is 35.6 Å². The summed E-state index contributed by atoms with van der Waals surface area (Å²) in [5.74, 6) is 2.39. The second kappa shape index (κ2) is 8.52. The molecule has 1 aromatic carbocycles. The van der Waals surface area contributed by atoms with E-state index in [0.717, 1.165) is 31.6 Å². The number of carbonyl (C=O) groups excluding carboxylic acids is 1. The molecule has 0 bridgehead atoms. The maximum atomic E-state index is 12.8. The first kappa shape index (κ1) is 19.4. The number of hydrogen-bond acceptors (Lipinski definition) is 3. The summed E-state index contributed by atoms with van der Waals surface area (Å²) in [6, 6.07) is 5.04. The molecule has 0 aliphatic carbocycles. The molecule has 2 saturated heterocycles. The standard InChI is InChI=1S/C18H24F3N3OS/c19-18(20,21)14-3-1-4-15(13-14)22-17(25)24-8-2-7-23(9-10-24)16-5-11-26-12-6-16/h1,3-4,13,16H,2,5-12H2,(H,22,25). The van der Waals surface area contributed by atoms with Gasteiger partial charge in [-0.15, -0.1) is 0 Å². The Balaban J connectivity index is 1.57. The first-order valence-electron chi connectivity index (χ1n) is 8.98. The molecular formula is C18H24F3N3OS. The summed E-state index contributed by atoms with van der Waals surface area (Å²) in [7, 11) is 0. The molecule has 0 aromatic heterocycles. The Morgan fingerprint density at radius 3 is 2.62 bits per heavy atom. The lowest BCUT2D eigenvalue weighted by Crippen LogP contribution is -2.42. The van der Waals surface area contributed by atoms with E-state index < -0.39 is 11.7 Å². The van der Waals surface area contributed by atoms with Crippen LogP contribution < -0.4 is 5.32 Å². The van der Waals surface area contributed by atoms with Gasteiger partial charge in [0.25, 0.3) is 0 Å². The summed E-state index contributed by atoms with van der Waals surface area (Å²) in [5, 5.41) is 2.61. The molecule has 0 spiro atoms. The van der Waals surface area contributed by atoms with Gasteiger partial charge in [0.2, 0.25) is 0 Å². The van der Waals surface area contributed by atoms with Gasteiger partial charge in [0.05, 0.1) is 5.56 Å². The minimum absolute atomic E-state index is 0.176. The van der Waals surface area contributed by atoms with E-state index in [9.17, 15) is 18.0 Å². The van der Waals surface area contributed by atoms with Crippen LogP contribution >= 0.6 is 11.8 Å². The van der Waals surface area contributed by atoms with E-state index in [2.05, 4.69) is 10.2 Å². The van der Waals surface area contributed by atoms with Crippen molar-refractivity contribution in [2.45, 2.75) is 31.5 Å². The molecule has 1 N–H and O–H groups in total. The molecule has 26 heavy (non-hydrogen) atoms. The molecule has 2 heterocycles. The predicted octanol–water partition coefficient (Wildman–Crippen LogP) is 4.14. The van der Waals surface area contributed by atoms with E-state index in [-0.39, 0.29) is 11.7 Å². The van der Waals surface area contributed by atoms with Gasteiger partial charge in [0.1, 0.15) is 0 Å². The molecule has 0 unspecified atom stereocenters. The number of urea groups is 1. The molecule has 2 amide bonds. The number of alkyl halides is 3. The molecule has 4 nitrogen and oxygen atoms in total. The Hall–Kier alpha value is -1.41. The Kier molecular flexibility index (Phi) is 6.34. The van der Waals surface area contributed by atoms with Gasteiger partial charge in [-0.25, -0.2) is 4.79 Å². The van der Waals surface area contributed by atoms with Crippen LogP contribution in [0.5, 0.6) is 0 Å². The second-order valence-corrected chi connectivity index (χ2v) is 7.95. The van der Waals surface area contributed by atoms with Crippen molar-refractivity contribution in [1.82, 2.24) is 9.80 Å². The predicted molar refractivity (Wildman–Crippen MR) is 98.6 cm³/mol.